The zero-order chi connectivity index (χ0) is 9.97. The number of ether oxygens (including phenoxy) is 1. The molecule has 1 aromatic carbocycles. The number of anilines is 1. The fourth-order valence-corrected chi connectivity index (χ4v) is 1.78. The molecule has 2 nitrogen and oxygen atoms in total. The van der Waals surface area contributed by atoms with E-state index < -0.39 is 0 Å². The van der Waals surface area contributed by atoms with Crippen LogP contribution in [-0.2, 0) is 6.42 Å². The third kappa shape index (κ3) is 2.00. The number of hydrogen-bond acceptors (Lipinski definition) is 2. The van der Waals surface area contributed by atoms with E-state index in [0.717, 1.165) is 31.0 Å². The molecular formula is C12H17NO. The molecule has 1 aliphatic rings. The Bertz CT molecular complexity index is 320. The molecule has 0 aromatic heterocycles. The first kappa shape index (κ1) is 9.38. The number of fused-ring (bicyclic) bond motifs is 1. The third-order valence-electron chi connectivity index (χ3n) is 2.37. The van der Waals surface area contributed by atoms with Crippen LogP contribution in [0, 0.1) is 5.92 Å². The SMILES string of the molecule is CC(C)Cc1ccc2c(c1)OCCN2. The van der Waals surface area contributed by atoms with Gasteiger partial charge in [0.15, 0.2) is 0 Å². The van der Waals surface area contributed by atoms with Crippen molar-refractivity contribution >= 4 is 5.69 Å². The van der Waals surface area contributed by atoms with Crippen LogP contribution in [0.3, 0.4) is 0 Å². The highest BCUT2D eigenvalue weighted by atomic mass is 16.5. The lowest BCUT2D eigenvalue weighted by Gasteiger charge is -2.20. The topological polar surface area (TPSA) is 21.3 Å². The minimum atomic E-state index is 0.699. The zero-order valence-electron chi connectivity index (χ0n) is 8.84. The Morgan fingerprint density at radius 2 is 2.29 bits per heavy atom. The second kappa shape index (κ2) is 3.91. The molecule has 0 saturated carbocycles. The molecule has 0 atom stereocenters. The van der Waals surface area contributed by atoms with E-state index in [9.17, 15) is 0 Å². The zero-order valence-corrected chi connectivity index (χ0v) is 8.84. The fraction of sp³-hybridized carbons (Fsp3) is 0.500. The molecule has 1 aromatic rings. The van der Waals surface area contributed by atoms with E-state index in [2.05, 4.69) is 37.4 Å². The van der Waals surface area contributed by atoms with E-state index in [1.54, 1.807) is 0 Å². The molecule has 0 amide bonds. The van der Waals surface area contributed by atoms with Gasteiger partial charge in [-0.15, -0.1) is 0 Å². The van der Waals surface area contributed by atoms with Gasteiger partial charge < -0.3 is 10.1 Å². The van der Waals surface area contributed by atoms with Crippen LogP contribution in [0.5, 0.6) is 5.75 Å². The summed E-state index contributed by atoms with van der Waals surface area (Å²) in [5.41, 5.74) is 2.49. The lowest BCUT2D eigenvalue weighted by atomic mass is 10.0. The number of benzene rings is 1. The van der Waals surface area contributed by atoms with Gasteiger partial charge in [0.25, 0.3) is 0 Å². The number of rotatable bonds is 2. The summed E-state index contributed by atoms with van der Waals surface area (Å²) in [5, 5.41) is 3.32. The van der Waals surface area contributed by atoms with Crippen LogP contribution in [0.1, 0.15) is 19.4 Å². The second-order valence-electron chi connectivity index (χ2n) is 4.20. The van der Waals surface area contributed by atoms with Crippen LogP contribution in [-0.4, -0.2) is 13.2 Å². The van der Waals surface area contributed by atoms with Crippen molar-refractivity contribution in [2.45, 2.75) is 20.3 Å². The first-order valence-electron chi connectivity index (χ1n) is 5.25. The Morgan fingerprint density at radius 3 is 3.07 bits per heavy atom. The van der Waals surface area contributed by atoms with E-state index in [0.29, 0.717) is 5.92 Å². The number of nitrogens with one attached hydrogen (secondary N) is 1. The third-order valence-corrected chi connectivity index (χ3v) is 2.37. The Kier molecular flexibility index (Phi) is 2.62. The quantitative estimate of drug-likeness (QED) is 0.776. The first-order valence-corrected chi connectivity index (χ1v) is 5.25. The molecule has 0 spiro atoms. The summed E-state index contributed by atoms with van der Waals surface area (Å²) in [6.45, 7) is 6.16. The highest BCUT2D eigenvalue weighted by Crippen LogP contribution is 2.28. The number of hydrogen-bond donors (Lipinski definition) is 1. The van der Waals surface area contributed by atoms with Crippen molar-refractivity contribution in [2.75, 3.05) is 18.5 Å². The van der Waals surface area contributed by atoms with Crippen LogP contribution in [0.4, 0.5) is 5.69 Å². The first-order chi connectivity index (χ1) is 6.75. The summed E-state index contributed by atoms with van der Waals surface area (Å²) in [5.74, 6) is 1.71. The van der Waals surface area contributed by atoms with Gasteiger partial charge in [0.2, 0.25) is 0 Å². The van der Waals surface area contributed by atoms with Crippen LogP contribution in [0.2, 0.25) is 0 Å². The van der Waals surface area contributed by atoms with Gasteiger partial charge in [-0.2, -0.15) is 0 Å². The van der Waals surface area contributed by atoms with Crippen molar-refractivity contribution in [2.24, 2.45) is 5.92 Å². The summed E-state index contributed by atoms with van der Waals surface area (Å²) < 4.78 is 5.58. The van der Waals surface area contributed by atoms with Crippen LogP contribution in [0.25, 0.3) is 0 Å². The molecule has 1 aliphatic heterocycles. The average molecular weight is 191 g/mol. The average Bonchev–Trinajstić information content (AvgIpc) is 2.17. The molecule has 0 unspecified atom stereocenters. The predicted octanol–water partition coefficient (Wildman–Crippen LogP) is 2.69. The normalized spacial score (nSPS) is 14.5. The minimum Gasteiger partial charge on any atom is -0.490 e. The summed E-state index contributed by atoms with van der Waals surface area (Å²) in [4.78, 5) is 0. The summed E-state index contributed by atoms with van der Waals surface area (Å²) in [7, 11) is 0. The summed E-state index contributed by atoms with van der Waals surface area (Å²) >= 11 is 0. The monoisotopic (exact) mass is 191 g/mol. The maximum Gasteiger partial charge on any atom is 0.142 e. The van der Waals surface area contributed by atoms with E-state index in [1.807, 2.05) is 0 Å². The van der Waals surface area contributed by atoms with Gasteiger partial charge in [0.05, 0.1) is 5.69 Å². The van der Waals surface area contributed by atoms with Crippen LogP contribution >= 0.6 is 0 Å². The molecule has 14 heavy (non-hydrogen) atoms. The summed E-state index contributed by atoms with van der Waals surface area (Å²) in [6, 6.07) is 6.45. The van der Waals surface area contributed by atoms with E-state index in [-0.39, 0.29) is 0 Å². The molecule has 0 fully saturated rings. The van der Waals surface area contributed by atoms with Crippen LogP contribution < -0.4 is 10.1 Å². The Labute approximate surface area is 85.3 Å². The Morgan fingerprint density at radius 1 is 1.43 bits per heavy atom. The van der Waals surface area contributed by atoms with Crippen molar-refractivity contribution in [1.29, 1.82) is 0 Å². The lowest BCUT2D eigenvalue weighted by molar-refractivity contribution is 0.323. The van der Waals surface area contributed by atoms with E-state index in [1.165, 1.54) is 5.56 Å². The maximum absolute atomic E-state index is 5.58. The standard InChI is InChI=1S/C12H17NO/c1-9(2)7-10-3-4-11-12(8-10)14-6-5-13-11/h3-4,8-9,13H,5-7H2,1-2H3. The molecule has 1 N–H and O–H groups in total. The maximum atomic E-state index is 5.58. The molecule has 2 heteroatoms. The molecule has 0 saturated heterocycles. The van der Waals surface area contributed by atoms with Gasteiger partial charge in [-0.25, -0.2) is 0 Å². The predicted molar refractivity (Wildman–Crippen MR) is 59.0 cm³/mol. The fourth-order valence-electron chi connectivity index (χ4n) is 1.78. The minimum absolute atomic E-state index is 0.699. The van der Waals surface area contributed by atoms with Gasteiger partial charge in [0, 0.05) is 6.54 Å². The van der Waals surface area contributed by atoms with Crippen LogP contribution in [0.15, 0.2) is 18.2 Å². The van der Waals surface area contributed by atoms with Crippen molar-refractivity contribution in [3.8, 4) is 5.75 Å². The largest absolute Gasteiger partial charge is 0.490 e. The summed E-state index contributed by atoms with van der Waals surface area (Å²) in [6.07, 6.45) is 1.12. The van der Waals surface area contributed by atoms with E-state index in [4.69, 9.17) is 4.74 Å². The molecule has 76 valence electrons. The van der Waals surface area contributed by atoms with Crippen molar-refractivity contribution in [3.05, 3.63) is 23.8 Å². The highest BCUT2D eigenvalue weighted by Gasteiger charge is 2.09. The van der Waals surface area contributed by atoms with Crippen molar-refractivity contribution in [1.82, 2.24) is 0 Å². The van der Waals surface area contributed by atoms with Gasteiger partial charge in [-0.05, 0) is 30.0 Å². The smallest absolute Gasteiger partial charge is 0.142 e. The van der Waals surface area contributed by atoms with Crippen molar-refractivity contribution in [3.63, 3.8) is 0 Å². The molecule has 0 bridgehead atoms. The van der Waals surface area contributed by atoms with Gasteiger partial charge >= 0.3 is 0 Å². The highest BCUT2D eigenvalue weighted by molar-refractivity contribution is 5.58. The molecule has 0 radical (unpaired) electrons. The van der Waals surface area contributed by atoms with E-state index >= 15 is 0 Å². The van der Waals surface area contributed by atoms with Gasteiger partial charge in [0.1, 0.15) is 12.4 Å². The Hall–Kier alpha value is -1.18. The lowest BCUT2D eigenvalue weighted by Crippen LogP contribution is -2.18. The van der Waals surface area contributed by atoms with Crippen molar-refractivity contribution < 1.29 is 4.74 Å². The van der Waals surface area contributed by atoms with Gasteiger partial charge in [-0.3, -0.25) is 0 Å². The molecule has 2 rings (SSSR count). The molecule has 0 aliphatic carbocycles. The molecule has 1 heterocycles. The van der Waals surface area contributed by atoms with Gasteiger partial charge in [-0.1, -0.05) is 19.9 Å². The molecular weight excluding hydrogens is 174 g/mol. The Balaban J connectivity index is 2.20. The second-order valence-corrected chi connectivity index (χ2v) is 4.20.